The van der Waals surface area contributed by atoms with Crippen LogP contribution in [0.2, 0.25) is 0 Å². The molecule has 0 spiro atoms. The van der Waals surface area contributed by atoms with Crippen molar-refractivity contribution in [2.75, 3.05) is 6.54 Å². The highest BCUT2D eigenvalue weighted by atomic mass is 15.1. The lowest BCUT2D eigenvalue weighted by Gasteiger charge is -2.17. The first kappa shape index (κ1) is 13.8. The van der Waals surface area contributed by atoms with Crippen molar-refractivity contribution in [3.63, 3.8) is 0 Å². The van der Waals surface area contributed by atoms with Gasteiger partial charge in [0.2, 0.25) is 0 Å². The van der Waals surface area contributed by atoms with Gasteiger partial charge in [0.05, 0.1) is 6.33 Å². The molecular formula is C16H23N3. The topological polar surface area (TPSA) is 29.9 Å². The summed E-state index contributed by atoms with van der Waals surface area (Å²) < 4.78 is 2.11. The molecule has 1 aromatic carbocycles. The summed E-state index contributed by atoms with van der Waals surface area (Å²) in [5, 5.41) is 3.57. The smallest absolute Gasteiger partial charge is 0.0946 e. The summed E-state index contributed by atoms with van der Waals surface area (Å²) in [4.78, 5) is 4.06. The number of nitrogens with one attached hydrogen (secondary N) is 1. The Morgan fingerprint density at radius 2 is 2.00 bits per heavy atom. The average Bonchev–Trinajstić information content (AvgIpc) is 2.92. The van der Waals surface area contributed by atoms with Gasteiger partial charge in [0.15, 0.2) is 0 Å². The molecule has 2 unspecified atom stereocenters. The Balaban J connectivity index is 1.68. The maximum absolute atomic E-state index is 4.06. The molecule has 0 fully saturated rings. The third-order valence-electron chi connectivity index (χ3n) is 3.48. The summed E-state index contributed by atoms with van der Waals surface area (Å²) >= 11 is 0. The summed E-state index contributed by atoms with van der Waals surface area (Å²) in [6.45, 7) is 6.52. The Labute approximate surface area is 115 Å². The maximum atomic E-state index is 4.06. The van der Waals surface area contributed by atoms with E-state index in [1.807, 2.05) is 18.7 Å². The summed E-state index contributed by atoms with van der Waals surface area (Å²) in [6, 6.07) is 11.2. The molecule has 0 bridgehead atoms. The molecule has 0 saturated carbocycles. The third kappa shape index (κ3) is 4.52. The molecule has 0 aliphatic heterocycles. The fourth-order valence-electron chi connectivity index (χ4n) is 2.27. The Morgan fingerprint density at radius 1 is 1.21 bits per heavy atom. The van der Waals surface area contributed by atoms with Crippen LogP contribution in [0.15, 0.2) is 49.1 Å². The van der Waals surface area contributed by atoms with E-state index >= 15 is 0 Å². The van der Waals surface area contributed by atoms with Crippen LogP contribution in [0.25, 0.3) is 0 Å². The van der Waals surface area contributed by atoms with Crippen LogP contribution in [0.3, 0.4) is 0 Å². The molecule has 1 heterocycles. The number of hydrogen-bond donors (Lipinski definition) is 1. The molecule has 0 amide bonds. The lowest BCUT2D eigenvalue weighted by molar-refractivity contribution is 0.461. The zero-order valence-corrected chi connectivity index (χ0v) is 11.8. The maximum Gasteiger partial charge on any atom is 0.0946 e. The molecule has 1 aromatic heterocycles. The standard InChI is InChI=1S/C16H23N3/c1-14(16-6-4-3-5-7-16)8-9-18-15(2)12-19-11-10-17-13-19/h3-7,10-11,13-15,18H,8-9,12H2,1-2H3. The molecule has 3 heteroatoms. The predicted molar refractivity (Wildman–Crippen MR) is 79.2 cm³/mol. The Hall–Kier alpha value is -1.61. The quantitative estimate of drug-likeness (QED) is 0.826. The fourth-order valence-corrected chi connectivity index (χ4v) is 2.27. The molecule has 0 radical (unpaired) electrons. The zero-order chi connectivity index (χ0) is 13.5. The van der Waals surface area contributed by atoms with Gasteiger partial charge in [-0.25, -0.2) is 4.98 Å². The number of rotatable bonds is 7. The van der Waals surface area contributed by atoms with Gasteiger partial charge >= 0.3 is 0 Å². The van der Waals surface area contributed by atoms with E-state index in [9.17, 15) is 0 Å². The summed E-state index contributed by atoms with van der Waals surface area (Å²) in [5.74, 6) is 0.606. The first-order valence-electron chi connectivity index (χ1n) is 7.00. The molecule has 0 aliphatic rings. The molecule has 19 heavy (non-hydrogen) atoms. The van der Waals surface area contributed by atoms with E-state index < -0.39 is 0 Å². The van der Waals surface area contributed by atoms with Gasteiger partial charge in [-0.3, -0.25) is 0 Å². The van der Waals surface area contributed by atoms with Gasteiger partial charge in [-0.2, -0.15) is 0 Å². The number of imidazole rings is 1. The molecule has 1 N–H and O–H groups in total. The van der Waals surface area contributed by atoms with Crippen LogP contribution in [0, 0.1) is 0 Å². The van der Waals surface area contributed by atoms with E-state index in [1.54, 1.807) is 0 Å². The molecule has 2 aromatic rings. The second-order valence-corrected chi connectivity index (χ2v) is 5.22. The van der Waals surface area contributed by atoms with Crippen LogP contribution in [-0.4, -0.2) is 22.1 Å². The molecular weight excluding hydrogens is 234 g/mol. The van der Waals surface area contributed by atoms with Crippen molar-refractivity contribution < 1.29 is 0 Å². The van der Waals surface area contributed by atoms with Crippen LogP contribution in [0.1, 0.15) is 31.7 Å². The lowest BCUT2D eigenvalue weighted by atomic mass is 9.98. The SMILES string of the molecule is CC(Cn1ccnc1)NCCC(C)c1ccccc1. The summed E-state index contributed by atoms with van der Waals surface area (Å²) in [7, 11) is 0. The molecule has 2 atom stereocenters. The molecule has 2 rings (SSSR count). The van der Waals surface area contributed by atoms with Crippen molar-refractivity contribution in [3.05, 3.63) is 54.6 Å². The highest BCUT2D eigenvalue weighted by Gasteiger charge is 2.06. The van der Waals surface area contributed by atoms with Crippen LogP contribution < -0.4 is 5.32 Å². The van der Waals surface area contributed by atoms with Gasteiger partial charge in [-0.1, -0.05) is 37.3 Å². The fraction of sp³-hybridized carbons (Fsp3) is 0.438. The third-order valence-corrected chi connectivity index (χ3v) is 3.48. The average molecular weight is 257 g/mol. The minimum absolute atomic E-state index is 0.470. The van der Waals surface area contributed by atoms with E-state index in [0.29, 0.717) is 12.0 Å². The minimum atomic E-state index is 0.470. The number of benzene rings is 1. The normalized spacial score (nSPS) is 14.2. The van der Waals surface area contributed by atoms with Gasteiger partial charge in [0.25, 0.3) is 0 Å². The zero-order valence-electron chi connectivity index (χ0n) is 11.8. The molecule has 0 saturated heterocycles. The van der Waals surface area contributed by atoms with E-state index in [-0.39, 0.29) is 0 Å². The van der Waals surface area contributed by atoms with E-state index in [0.717, 1.165) is 19.5 Å². The van der Waals surface area contributed by atoms with Crippen molar-refractivity contribution in [1.29, 1.82) is 0 Å². The lowest BCUT2D eigenvalue weighted by Crippen LogP contribution is -2.31. The van der Waals surface area contributed by atoms with Gasteiger partial charge in [0.1, 0.15) is 0 Å². The van der Waals surface area contributed by atoms with E-state index in [4.69, 9.17) is 0 Å². The van der Waals surface area contributed by atoms with Gasteiger partial charge in [-0.05, 0) is 31.4 Å². The Bertz CT molecular complexity index is 450. The van der Waals surface area contributed by atoms with Crippen molar-refractivity contribution in [1.82, 2.24) is 14.9 Å². The Morgan fingerprint density at radius 3 is 2.68 bits per heavy atom. The second-order valence-electron chi connectivity index (χ2n) is 5.22. The van der Waals surface area contributed by atoms with Gasteiger partial charge < -0.3 is 9.88 Å². The van der Waals surface area contributed by atoms with Crippen molar-refractivity contribution in [2.24, 2.45) is 0 Å². The van der Waals surface area contributed by atoms with Crippen molar-refractivity contribution >= 4 is 0 Å². The number of hydrogen-bond acceptors (Lipinski definition) is 2. The molecule has 3 nitrogen and oxygen atoms in total. The first-order chi connectivity index (χ1) is 9.25. The van der Waals surface area contributed by atoms with E-state index in [2.05, 4.69) is 59.0 Å². The predicted octanol–water partition coefficient (Wildman–Crippen LogP) is 3.06. The minimum Gasteiger partial charge on any atom is -0.336 e. The van der Waals surface area contributed by atoms with Crippen LogP contribution in [0.4, 0.5) is 0 Å². The van der Waals surface area contributed by atoms with Crippen LogP contribution >= 0.6 is 0 Å². The first-order valence-corrected chi connectivity index (χ1v) is 7.00. The monoisotopic (exact) mass is 257 g/mol. The summed E-state index contributed by atoms with van der Waals surface area (Å²) in [6.07, 6.45) is 6.86. The number of aromatic nitrogens is 2. The highest BCUT2D eigenvalue weighted by molar-refractivity contribution is 5.18. The van der Waals surface area contributed by atoms with E-state index in [1.165, 1.54) is 5.56 Å². The van der Waals surface area contributed by atoms with Crippen molar-refractivity contribution in [3.8, 4) is 0 Å². The number of nitrogens with zero attached hydrogens (tertiary/aromatic N) is 2. The largest absolute Gasteiger partial charge is 0.336 e. The van der Waals surface area contributed by atoms with Gasteiger partial charge in [0, 0.05) is 25.0 Å². The van der Waals surface area contributed by atoms with Crippen LogP contribution in [0.5, 0.6) is 0 Å². The molecule has 0 aliphatic carbocycles. The molecule has 102 valence electrons. The Kier molecular flexibility index (Phi) is 5.16. The van der Waals surface area contributed by atoms with Gasteiger partial charge in [-0.15, -0.1) is 0 Å². The highest BCUT2D eigenvalue weighted by Crippen LogP contribution is 2.17. The second kappa shape index (κ2) is 7.10. The van der Waals surface area contributed by atoms with Crippen LogP contribution in [-0.2, 0) is 6.54 Å². The summed E-state index contributed by atoms with van der Waals surface area (Å²) in [5.41, 5.74) is 1.42. The van der Waals surface area contributed by atoms with Crippen molar-refractivity contribution in [2.45, 2.75) is 38.8 Å².